The summed E-state index contributed by atoms with van der Waals surface area (Å²) in [5, 5.41) is 2.34. The number of piperidine rings is 2. The van der Waals surface area contributed by atoms with Gasteiger partial charge in [0.1, 0.15) is 11.9 Å². The van der Waals surface area contributed by atoms with Gasteiger partial charge in [-0.25, -0.2) is 4.79 Å². The Bertz CT molecular complexity index is 1900. The van der Waals surface area contributed by atoms with Crippen molar-refractivity contribution in [3.8, 4) is 17.2 Å². The molecule has 0 saturated carbocycles. The van der Waals surface area contributed by atoms with Crippen molar-refractivity contribution in [1.82, 2.24) is 25.0 Å². The first-order valence-corrected chi connectivity index (χ1v) is 20.7. The molecule has 1 aromatic heterocycles. The van der Waals surface area contributed by atoms with Gasteiger partial charge in [0.25, 0.3) is 5.91 Å². The summed E-state index contributed by atoms with van der Waals surface area (Å²) < 4.78 is 17.9. The van der Waals surface area contributed by atoms with E-state index >= 15 is 0 Å². The van der Waals surface area contributed by atoms with Gasteiger partial charge in [-0.05, 0) is 85.5 Å². The number of benzene rings is 2. The molecule has 58 heavy (non-hydrogen) atoms. The van der Waals surface area contributed by atoms with E-state index in [4.69, 9.17) is 14.2 Å². The van der Waals surface area contributed by atoms with Gasteiger partial charge in [-0.15, -0.1) is 0 Å². The van der Waals surface area contributed by atoms with Gasteiger partial charge in [0.15, 0.2) is 17.8 Å². The normalized spacial score (nSPS) is 16.9. The van der Waals surface area contributed by atoms with Gasteiger partial charge in [0.05, 0.1) is 19.9 Å². The van der Waals surface area contributed by atoms with Crippen LogP contribution in [0.3, 0.4) is 0 Å². The van der Waals surface area contributed by atoms with Crippen molar-refractivity contribution in [2.45, 2.75) is 71.8 Å². The van der Waals surface area contributed by atoms with E-state index in [1.165, 1.54) is 12.0 Å². The van der Waals surface area contributed by atoms with E-state index in [1.54, 1.807) is 37.7 Å². The van der Waals surface area contributed by atoms with Gasteiger partial charge < -0.3 is 28.9 Å². The number of hydrogen-bond donors (Lipinski definition) is 1. The van der Waals surface area contributed by atoms with Crippen LogP contribution in [0.1, 0.15) is 97.6 Å². The van der Waals surface area contributed by atoms with Crippen molar-refractivity contribution in [2.24, 2.45) is 5.92 Å². The van der Waals surface area contributed by atoms with Gasteiger partial charge in [0.2, 0.25) is 5.91 Å². The summed E-state index contributed by atoms with van der Waals surface area (Å²) in [6.45, 7) is 11.5. The molecule has 3 fully saturated rings. The number of hydrogen-bond acceptors (Lipinski definition) is 10. The third kappa shape index (κ3) is 10.9. The van der Waals surface area contributed by atoms with Gasteiger partial charge in [-0.2, -0.15) is 0 Å². The number of rotatable bonds is 15. The molecule has 13 heteroatoms. The highest BCUT2D eigenvalue weighted by atomic mass is 16.5. The number of anilines is 1. The zero-order chi connectivity index (χ0) is 41.6. The lowest BCUT2D eigenvalue weighted by Gasteiger charge is -2.38. The largest absolute Gasteiger partial charge is 0.495 e. The zero-order valence-electron chi connectivity index (χ0n) is 35.0. The lowest BCUT2D eigenvalue weighted by Crippen LogP contribution is -2.49. The van der Waals surface area contributed by atoms with E-state index in [2.05, 4.69) is 33.2 Å². The van der Waals surface area contributed by atoms with Crippen LogP contribution in [0.15, 0.2) is 61.1 Å². The number of imide groups is 1. The molecule has 0 spiro atoms. The van der Waals surface area contributed by atoms with E-state index in [0.717, 1.165) is 87.7 Å². The zero-order valence-corrected chi connectivity index (χ0v) is 35.0. The van der Waals surface area contributed by atoms with Crippen LogP contribution in [0.4, 0.5) is 10.5 Å². The van der Waals surface area contributed by atoms with Gasteiger partial charge in [0, 0.05) is 94.6 Å². The molecule has 0 bridgehead atoms. The first kappa shape index (κ1) is 43.7. The number of methoxy groups -OCH3 is 2. The molecule has 0 atom stereocenters. The lowest BCUT2D eigenvalue weighted by molar-refractivity contribution is -0.120. The molecule has 6 rings (SSSR count). The topological polar surface area (TPSA) is 134 Å². The number of urea groups is 1. The van der Waals surface area contributed by atoms with Gasteiger partial charge in [-0.1, -0.05) is 33.3 Å². The molecule has 0 radical (unpaired) electrons. The smallest absolute Gasteiger partial charge is 0.328 e. The molecule has 3 aliphatic heterocycles. The van der Waals surface area contributed by atoms with Gasteiger partial charge in [-0.3, -0.25) is 29.6 Å². The lowest BCUT2D eigenvalue weighted by atomic mass is 9.94. The Kier molecular flexibility index (Phi) is 16.1. The molecule has 2 aromatic carbocycles. The summed E-state index contributed by atoms with van der Waals surface area (Å²) >= 11 is 0. The number of carbonyl (C=O) groups is 4. The molecule has 3 aliphatic rings. The first-order valence-electron chi connectivity index (χ1n) is 20.7. The van der Waals surface area contributed by atoms with Crippen LogP contribution in [-0.2, 0) is 4.79 Å². The number of nitrogens with zero attached hydrogens (tertiary/aromatic N) is 5. The van der Waals surface area contributed by atoms with Crippen molar-refractivity contribution in [2.75, 3.05) is 72.0 Å². The fourth-order valence-electron chi connectivity index (χ4n) is 7.75. The van der Waals surface area contributed by atoms with E-state index < -0.39 is 6.03 Å². The number of aromatic nitrogens is 1. The second-order valence-corrected chi connectivity index (χ2v) is 14.8. The van der Waals surface area contributed by atoms with Gasteiger partial charge >= 0.3 is 6.03 Å². The van der Waals surface area contributed by atoms with Crippen LogP contribution in [0.25, 0.3) is 5.57 Å². The number of ether oxygens (including phenoxy) is 3. The quantitative estimate of drug-likeness (QED) is 0.162. The fraction of sp³-hybridized carbons (Fsp3) is 0.489. The van der Waals surface area contributed by atoms with Crippen LogP contribution < -0.4 is 24.4 Å². The monoisotopic (exact) mass is 796 g/mol. The highest BCUT2D eigenvalue weighted by Crippen LogP contribution is 2.36. The molecular formula is C45H60N6O7. The van der Waals surface area contributed by atoms with Crippen LogP contribution in [-0.4, -0.2) is 117 Å². The molecule has 0 unspecified atom stereocenters. The third-order valence-electron chi connectivity index (χ3n) is 11.0. The number of likely N-dealkylation sites (tertiary alicyclic amines) is 2. The van der Waals surface area contributed by atoms with E-state index in [-0.39, 0.29) is 30.9 Å². The standard InChI is InChI=1S/C43H54N6O7.C2H6/c1-5-6-18-46(2)28-36(35-11-17-44-26-33(35)29-50)31-7-10-39(40(25-31)55-4)56-34-14-19-47(20-15-34)27-30-12-21-48(22-13-30)42(52)32-8-9-38(54-3)37(24-32)49-23-16-41(51)45-43(49)53;1-2/h7-11,17,24-26,28-30,34H,5-6,12-16,18-23,27H2,1-4H3,(H,45,51,53);1-2H3/b36-28-;. The molecule has 4 amide bonds. The number of aldehydes is 1. The van der Waals surface area contributed by atoms with Crippen molar-refractivity contribution in [1.29, 1.82) is 0 Å². The highest BCUT2D eigenvalue weighted by Gasteiger charge is 2.30. The molecule has 13 nitrogen and oxygen atoms in total. The minimum atomic E-state index is -0.518. The summed E-state index contributed by atoms with van der Waals surface area (Å²) in [5.41, 5.74) is 4.15. The summed E-state index contributed by atoms with van der Waals surface area (Å²) in [7, 11) is 5.22. The predicted octanol–water partition coefficient (Wildman–Crippen LogP) is 6.90. The maximum absolute atomic E-state index is 13.6. The Morgan fingerprint density at radius 2 is 1.62 bits per heavy atom. The van der Waals surface area contributed by atoms with Crippen LogP contribution in [0, 0.1) is 5.92 Å². The average molecular weight is 797 g/mol. The number of carbonyl (C=O) groups excluding carboxylic acids is 4. The second kappa shape index (κ2) is 21.4. The number of pyridine rings is 1. The Balaban J connectivity index is 0.00000315. The summed E-state index contributed by atoms with van der Waals surface area (Å²) in [4.78, 5) is 61.9. The Labute approximate surface area is 343 Å². The average Bonchev–Trinajstić information content (AvgIpc) is 3.26. The molecule has 1 N–H and O–H groups in total. The van der Waals surface area contributed by atoms with Crippen LogP contribution in [0.5, 0.6) is 17.2 Å². The third-order valence-corrected chi connectivity index (χ3v) is 11.0. The molecule has 3 saturated heterocycles. The highest BCUT2D eigenvalue weighted by molar-refractivity contribution is 6.07. The predicted molar refractivity (Wildman–Crippen MR) is 226 cm³/mol. The SMILES string of the molecule is CC.CCCCN(C)/C=C(/c1ccc(OC2CCN(CC3CCN(C(=O)c4ccc(OC)c(N5CCC(=O)NC5=O)c4)CC3)CC2)c(OC)c1)c1ccncc1C=O. The Morgan fingerprint density at radius 1 is 0.914 bits per heavy atom. The van der Waals surface area contributed by atoms with Crippen LogP contribution in [0.2, 0.25) is 0 Å². The summed E-state index contributed by atoms with van der Waals surface area (Å²) in [6.07, 6.45) is 12.3. The summed E-state index contributed by atoms with van der Waals surface area (Å²) in [6, 6.07) is 12.5. The van der Waals surface area contributed by atoms with E-state index in [0.29, 0.717) is 53.1 Å². The minimum absolute atomic E-state index is 0.0633. The second-order valence-electron chi connectivity index (χ2n) is 14.8. The summed E-state index contributed by atoms with van der Waals surface area (Å²) in [5.74, 6) is 1.92. The number of nitrogens with one attached hydrogen (secondary N) is 1. The van der Waals surface area contributed by atoms with E-state index in [9.17, 15) is 19.2 Å². The molecule has 4 heterocycles. The van der Waals surface area contributed by atoms with E-state index in [1.807, 2.05) is 50.1 Å². The fourth-order valence-corrected chi connectivity index (χ4v) is 7.75. The van der Waals surface area contributed by atoms with Crippen LogP contribution >= 0.6 is 0 Å². The van der Waals surface area contributed by atoms with Crippen molar-refractivity contribution < 1.29 is 33.4 Å². The molecule has 312 valence electrons. The molecule has 0 aliphatic carbocycles. The van der Waals surface area contributed by atoms with Crippen molar-refractivity contribution in [3.05, 3.63) is 83.3 Å². The first-order chi connectivity index (χ1) is 28.2. The van der Waals surface area contributed by atoms with Crippen molar-refractivity contribution >= 4 is 35.4 Å². The number of amides is 4. The maximum atomic E-state index is 13.6. The number of unbranched alkanes of at least 4 members (excludes halogenated alkanes) is 1. The maximum Gasteiger partial charge on any atom is 0.328 e. The van der Waals surface area contributed by atoms with Crippen molar-refractivity contribution in [3.63, 3.8) is 0 Å². The minimum Gasteiger partial charge on any atom is -0.495 e. The Hall–Kier alpha value is -5.43. The molecular weight excluding hydrogens is 737 g/mol. The molecule has 3 aromatic rings. The Morgan fingerprint density at radius 3 is 2.29 bits per heavy atom.